The van der Waals surface area contributed by atoms with E-state index < -0.39 is 0 Å². The van der Waals surface area contributed by atoms with Gasteiger partial charge >= 0.3 is 0 Å². The van der Waals surface area contributed by atoms with Crippen molar-refractivity contribution in [3.8, 4) is 0 Å². The molecule has 1 saturated heterocycles. The van der Waals surface area contributed by atoms with Gasteiger partial charge in [-0.3, -0.25) is 0 Å². The summed E-state index contributed by atoms with van der Waals surface area (Å²) in [4.78, 5) is 0. The minimum atomic E-state index is 0.543. The van der Waals surface area contributed by atoms with Gasteiger partial charge in [0.2, 0.25) is 0 Å². The lowest BCUT2D eigenvalue weighted by Gasteiger charge is -2.15. The first-order valence-electron chi connectivity index (χ1n) is 6.62. The molecule has 2 heteroatoms. The highest BCUT2D eigenvalue weighted by Gasteiger charge is 2.16. The molecule has 2 unspecified atom stereocenters. The Kier molecular flexibility index (Phi) is 5.53. The van der Waals surface area contributed by atoms with Gasteiger partial charge in [-0.25, -0.2) is 0 Å². The predicted molar refractivity (Wildman–Crippen MR) is 75.8 cm³/mol. The molecule has 1 aromatic rings. The smallest absolute Gasteiger partial charge is 0.0576 e. The SMILES string of the molecule is BrCC(CCCC1CCCO1)c1ccccc1. The lowest BCUT2D eigenvalue weighted by molar-refractivity contribution is 0.102. The van der Waals surface area contributed by atoms with Crippen LogP contribution in [0, 0.1) is 0 Å². The average Bonchev–Trinajstić information content (AvgIpc) is 2.89. The number of benzene rings is 1. The first-order valence-corrected chi connectivity index (χ1v) is 7.75. The lowest BCUT2D eigenvalue weighted by Crippen LogP contribution is -2.06. The van der Waals surface area contributed by atoms with Gasteiger partial charge in [-0.05, 0) is 37.2 Å². The van der Waals surface area contributed by atoms with E-state index in [1.165, 1.54) is 37.7 Å². The number of hydrogen-bond acceptors (Lipinski definition) is 1. The summed E-state index contributed by atoms with van der Waals surface area (Å²) in [5, 5.41) is 1.06. The van der Waals surface area contributed by atoms with Crippen LogP contribution in [0.15, 0.2) is 30.3 Å². The predicted octanol–water partition coefficient (Wildman–Crippen LogP) is 4.51. The molecule has 0 N–H and O–H groups in total. The number of rotatable bonds is 6. The van der Waals surface area contributed by atoms with E-state index in [1.807, 2.05) is 0 Å². The van der Waals surface area contributed by atoms with E-state index in [2.05, 4.69) is 46.3 Å². The molecule has 0 aromatic heterocycles. The Bertz CT molecular complexity index is 306. The molecule has 1 nitrogen and oxygen atoms in total. The van der Waals surface area contributed by atoms with Crippen LogP contribution in [0.2, 0.25) is 0 Å². The lowest BCUT2D eigenvalue weighted by atomic mass is 9.94. The minimum absolute atomic E-state index is 0.543. The molecule has 0 spiro atoms. The highest BCUT2D eigenvalue weighted by Crippen LogP contribution is 2.26. The molecule has 94 valence electrons. The van der Waals surface area contributed by atoms with E-state index in [9.17, 15) is 0 Å². The third-order valence-corrected chi connectivity index (χ3v) is 4.34. The van der Waals surface area contributed by atoms with Crippen LogP contribution in [0.4, 0.5) is 0 Å². The molecule has 1 fully saturated rings. The van der Waals surface area contributed by atoms with Crippen LogP contribution in [0.3, 0.4) is 0 Å². The fraction of sp³-hybridized carbons (Fsp3) is 0.600. The van der Waals surface area contributed by atoms with E-state index in [0.717, 1.165) is 11.9 Å². The zero-order valence-corrected chi connectivity index (χ0v) is 11.9. The van der Waals surface area contributed by atoms with Gasteiger partial charge in [0.05, 0.1) is 6.10 Å². The average molecular weight is 297 g/mol. The molecule has 0 radical (unpaired) electrons. The van der Waals surface area contributed by atoms with Gasteiger partial charge in [-0.2, -0.15) is 0 Å². The van der Waals surface area contributed by atoms with Crippen LogP contribution in [-0.2, 0) is 4.74 Å². The molecule has 1 aliphatic rings. The van der Waals surface area contributed by atoms with Crippen LogP contribution in [-0.4, -0.2) is 18.0 Å². The van der Waals surface area contributed by atoms with E-state index in [1.54, 1.807) is 0 Å². The maximum atomic E-state index is 5.66. The molecule has 1 heterocycles. The Morgan fingerprint density at radius 2 is 2.12 bits per heavy atom. The first-order chi connectivity index (χ1) is 8.40. The molecule has 0 amide bonds. The van der Waals surface area contributed by atoms with Crippen LogP contribution in [0.1, 0.15) is 43.6 Å². The van der Waals surface area contributed by atoms with Gasteiger partial charge in [0, 0.05) is 11.9 Å². The van der Waals surface area contributed by atoms with Crippen molar-refractivity contribution in [1.29, 1.82) is 0 Å². The summed E-state index contributed by atoms with van der Waals surface area (Å²) in [7, 11) is 0. The summed E-state index contributed by atoms with van der Waals surface area (Å²) in [6, 6.07) is 10.8. The molecule has 2 atom stereocenters. The molecule has 17 heavy (non-hydrogen) atoms. The summed E-state index contributed by atoms with van der Waals surface area (Å²) in [6.45, 7) is 0.977. The molecule has 0 saturated carbocycles. The molecule has 0 bridgehead atoms. The second-order valence-corrected chi connectivity index (χ2v) is 5.48. The summed E-state index contributed by atoms with van der Waals surface area (Å²) in [5.74, 6) is 0.651. The highest BCUT2D eigenvalue weighted by molar-refractivity contribution is 9.09. The van der Waals surface area contributed by atoms with Gasteiger partial charge in [0.25, 0.3) is 0 Å². The normalized spacial score (nSPS) is 21.6. The third kappa shape index (κ3) is 4.11. The van der Waals surface area contributed by atoms with Gasteiger partial charge in [-0.1, -0.05) is 52.7 Å². The largest absolute Gasteiger partial charge is 0.378 e. The summed E-state index contributed by atoms with van der Waals surface area (Å²) in [6.07, 6.45) is 6.83. The quantitative estimate of drug-likeness (QED) is 0.702. The van der Waals surface area contributed by atoms with Crippen LogP contribution in [0.5, 0.6) is 0 Å². The van der Waals surface area contributed by atoms with Crippen molar-refractivity contribution in [2.75, 3.05) is 11.9 Å². The Morgan fingerprint density at radius 3 is 2.76 bits per heavy atom. The number of halogens is 1. The molecule has 1 aromatic carbocycles. The van der Waals surface area contributed by atoms with Gasteiger partial charge in [0.15, 0.2) is 0 Å². The molecule has 2 rings (SSSR count). The monoisotopic (exact) mass is 296 g/mol. The maximum absolute atomic E-state index is 5.66. The second-order valence-electron chi connectivity index (χ2n) is 4.83. The van der Waals surface area contributed by atoms with Crippen LogP contribution < -0.4 is 0 Å². The second kappa shape index (κ2) is 7.17. The molecular weight excluding hydrogens is 276 g/mol. The molecular formula is C15H21BrO. The summed E-state index contributed by atoms with van der Waals surface area (Å²) >= 11 is 3.64. The van der Waals surface area contributed by atoms with E-state index in [-0.39, 0.29) is 0 Å². The topological polar surface area (TPSA) is 9.23 Å². The van der Waals surface area contributed by atoms with Crippen molar-refractivity contribution in [3.63, 3.8) is 0 Å². The zero-order valence-electron chi connectivity index (χ0n) is 10.3. The van der Waals surface area contributed by atoms with E-state index in [0.29, 0.717) is 12.0 Å². The van der Waals surface area contributed by atoms with E-state index >= 15 is 0 Å². The Morgan fingerprint density at radius 1 is 1.29 bits per heavy atom. The Hall–Kier alpha value is -0.340. The van der Waals surface area contributed by atoms with Crippen molar-refractivity contribution in [1.82, 2.24) is 0 Å². The van der Waals surface area contributed by atoms with Crippen LogP contribution in [0.25, 0.3) is 0 Å². The summed E-state index contributed by atoms with van der Waals surface area (Å²) in [5.41, 5.74) is 1.46. The minimum Gasteiger partial charge on any atom is -0.378 e. The number of hydrogen-bond donors (Lipinski definition) is 0. The number of alkyl halides is 1. The third-order valence-electron chi connectivity index (χ3n) is 3.56. The van der Waals surface area contributed by atoms with Gasteiger partial charge < -0.3 is 4.74 Å². The Labute approximate surface area is 113 Å². The van der Waals surface area contributed by atoms with Crippen molar-refractivity contribution < 1.29 is 4.74 Å². The van der Waals surface area contributed by atoms with Gasteiger partial charge in [-0.15, -0.1) is 0 Å². The highest BCUT2D eigenvalue weighted by atomic mass is 79.9. The summed E-state index contributed by atoms with van der Waals surface area (Å²) < 4.78 is 5.66. The van der Waals surface area contributed by atoms with E-state index in [4.69, 9.17) is 4.74 Å². The van der Waals surface area contributed by atoms with Crippen molar-refractivity contribution >= 4 is 15.9 Å². The fourth-order valence-electron chi connectivity index (χ4n) is 2.52. The standard InChI is InChI=1S/C15H21BrO/c16-12-14(13-6-2-1-3-7-13)8-4-9-15-10-5-11-17-15/h1-3,6-7,14-15H,4-5,8-12H2. The van der Waals surface area contributed by atoms with Crippen LogP contribution >= 0.6 is 15.9 Å². The molecule has 0 aliphatic carbocycles. The fourth-order valence-corrected chi connectivity index (χ4v) is 3.22. The zero-order chi connectivity index (χ0) is 11.9. The van der Waals surface area contributed by atoms with Crippen molar-refractivity contribution in [2.24, 2.45) is 0 Å². The first kappa shape index (κ1) is 13.1. The number of ether oxygens (including phenoxy) is 1. The van der Waals surface area contributed by atoms with Crippen molar-refractivity contribution in [3.05, 3.63) is 35.9 Å². The Balaban J connectivity index is 1.75. The maximum Gasteiger partial charge on any atom is 0.0576 e. The molecule has 1 aliphatic heterocycles. The van der Waals surface area contributed by atoms with Crippen molar-refractivity contribution in [2.45, 2.75) is 44.1 Å². The van der Waals surface area contributed by atoms with Gasteiger partial charge in [0.1, 0.15) is 0 Å².